The lowest BCUT2D eigenvalue weighted by atomic mass is 10.1. The molecule has 4 aromatic carbocycles. The average Bonchev–Trinajstić information content (AvgIpc) is 1.72. The number of benzene rings is 4. The quantitative estimate of drug-likeness (QED) is 0.0308. The van der Waals surface area contributed by atoms with Crippen LogP contribution in [-0.4, -0.2) is 98.0 Å². The zero-order chi connectivity index (χ0) is 61.8. The van der Waals surface area contributed by atoms with Gasteiger partial charge < -0.3 is 56.8 Å². The summed E-state index contributed by atoms with van der Waals surface area (Å²) in [6.45, 7) is 12.8. The van der Waals surface area contributed by atoms with Crippen molar-refractivity contribution in [3.63, 3.8) is 0 Å². The number of esters is 1. The molecule has 1 unspecified atom stereocenters. The predicted octanol–water partition coefficient (Wildman–Crippen LogP) is 18.9. The van der Waals surface area contributed by atoms with Crippen molar-refractivity contribution in [2.24, 2.45) is 0 Å². The van der Waals surface area contributed by atoms with Gasteiger partial charge in [-0.15, -0.1) is 0 Å². The minimum atomic E-state index is -0.585. The molecule has 0 aliphatic carbocycles. The van der Waals surface area contributed by atoms with Crippen LogP contribution in [0, 0.1) is 0 Å². The molecule has 0 amide bonds. The van der Waals surface area contributed by atoms with Crippen LogP contribution in [0.2, 0.25) is 0 Å². The van der Waals surface area contributed by atoms with Gasteiger partial charge in [0.05, 0.1) is 84.8 Å². The van der Waals surface area contributed by atoms with Crippen LogP contribution in [0.1, 0.15) is 240 Å². The van der Waals surface area contributed by atoms with Gasteiger partial charge in [-0.05, 0) is 84.5 Å². The molecule has 0 N–H and O–H groups in total. The molecule has 1 saturated heterocycles. The second-order valence-electron chi connectivity index (χ2n) is 23.7. The van der Waals surface area contributed by atoms with E-state index in [0.717, 1.165) is 53.2 Å². The molecule has 1 atom stereocenters. The molecule has 1 fully saturated rings. The van der Waals surface area contributed by atoms with Crippen molar-refractivity contribution in [1.29, 1.82) is 0 Å². The topological polar surface area (TPSA) is 128 Å². The zero-order valence-electron chi connectivity index (χ0n) is 55.0. The largest absolute Gasteiger partial charge is 0.494 e. The first-order valence-electron chi connectivity index (χ1n) is 34.9. The minimum Gasteiger partial charge on any atom is -0.494 e. The first-order valence-corrected chi connectivity index (χ1v) is 34.9. The Morgan fingerprint density at radius 3 is 1.02 bits per heavy atom. The number of carbonyl (C=O) groups is 1. The fraction of sp³-hybridized carbons (Fsp3) is 0.667. The summed E-state index contributed by atoms with van der Waals surface area (Å²) in [4.78, 5) is 14.3. The lowest BCUT2D eigenvalue weighted by Crippen LogP contribution is -2.29. The Labute approximate surface area is 532 Å². The maximum Gasteiger partial charge on any atom is 0.338 e. The Morgan fingerprint density at radius 1 is 0.364 bits per heavy atom. The van der Waals surface area contributed by atoms with Gasteiger partial charge in [0.15, 0.2) is 11.5 Å². The van der Waals surface area contributed by atoms with Crippen molar-refractivity contribution in [2.75, 3.05) is 85.9 Å². The highest BCUT2D eigenvalue weighted by Crippen LogP contribution is 2.41. The molecule has 1 heterocycles. The second kappa shape index (κ2) is 50.7. The third-order valence-corrected chi connectivity index (χ3v) is 15.9. The van der Waals surface area contributed by atoms with Gasteiger partial charge in [-0.25, -0.2) is 4.79 Å². The Balaban J connectivity index is 1.28. The van der Waals surface area contributed by atoms with Gasteiger partial charge in [0, 0.05) is 0 Å². The van der Waals surface area contributed by atoms with E-state index < -0.39 is 12.1 Å². The van der Waals surface area contributed by atoms with Gasteiger partial charge in [0.1, 0.15) is 49.8 Å². The van der Waals surface area contributed by atoms with Crippen molar-refractivity contribution in [3.8, 4) is 34.5 Å². The molecule has 4 aromatic rings. The van der Waals surface area contributed by atoms with Crippen LogP contribution in [0.15, 0.2) is 84.9 Å². The number of carbonyl (C=O) groups excluding carboxylic acids is 1. The summed E-state index contributed by atoms with van der Waals surface area (Å²) in [5, 5.41) is 0. The van der Waals surface area contributed by atoms with Gasteiger partial charge in [-0.2, -0.15) is 0 Å². The van der Waals surface area contributed by atoms with Crippen molar-refractivity contribution in [2.45, 2.75) is 239 Å². The van der Waals surface area contributed by atoms with E-state index in [4.69, 9.17) is 56.8 Å². The van der Waals surface area contributed by atoms with E-state index in [1.807, 2.05) is 72.8 Å². The second-order valence-corrected chi connectivity index (χ2v) is 23.7. The Morgan fingerprint density at radius 2 is 0.670 bits per heavy atom. The van der Waals surface area contributed by atoms with Crippen molar-refractivity contribution >= 4 is 5.97 Å². The third-order valence-electron chi connectivity index (χ3n) is 15.9. The van der Waals surface area contributed by atoms with E-state index in [1.54, 1.807) is 12.1 Å². The number of unbranched alkanes of at least 4 members (excludes halogenated alkanes) is 27. The molecule has 0 bridgehead atoms. The van der Waals surface area contributed by atoms with Crippen LogP contribution in [0.3, 0.4) is 0 Å². The highest BCUT2D eigenvalue weighted by molar-refractivity contribution is 5.91. The Kier molecular flexibility index (Phi) is 42.4. The summed E-state index contributed by atoms with van der Waals surface area (Å²) < 4.78 is 73.5. The van der Waals surface area contributed by atoms with Crippen molar-refractivity contribution < 1.29 is 61.6 Å². The van der Waals surface area contributed by atoms with Gasteiger partial charge >= 0.3 is 5.97 Å². The molecule has 0 spiro atoms. The zero-order valence-corrected chi connectivity index (χ0v) is 55.0. The molecule has 5 rings (SSSR count). The van der Waals surface area contributed by atoms with Crippen molar-refractivity contribution in [1.82, 2.24) is 0 Å². The highest BCUT2D eigenvalue weighted by Gasteiger charge is 2.23. The molecule has 1 aliphatic heterocycles. The minimum absolute atomic E-state index is 0.0619. The lowest BCUT2D eigenvalue weighted by molar-refractivity contribution is -0.0689. The Hall–Kier alpha value is -5.05. The maximum absolute atomic E-state index is 14.3. The van der Waals surface area contributed by atoms with E-state index in [9.17, 15) is 4.79 Å². The number of rotatable bonds is 48. The van der Waals surface area contributed by atoms with Gasteiger partial charge in [0.25, 0.3) is 0 Å². The molecular formula is C75H116O13. The summed E-state index contributed by atoms with van der Waals surface area (Å²) in [7, 11) is 0. The molecule has 0 radical (unpaired) electrons. The van der Waals surface area contributed by atoms with Gasteiger partial charge in [0.2, 0.25) is 5.75 Å². The van der Waals surface area contributed by atoms with Crippen LogP contribution in [-0.2, 0) is 48.2 Å². The summed E-state index contributed by atoms with van der Waals surface area (Å²) in [5.74, 6) is 2.89. The van der Waals surface area contributed by atoms with E-state index in [1.165, 1.54) is 173 Å². The molecule has 0 saturated carbocycles. The predicted molar refractivity (Wildman–Crippen MR) is 354 cm³/mol. The molecule has 13 heteroatoms. The first kappa shape index (κ1) is 73.7. The van der Waals surface area contributed by atoms with Crippen LogP contribution in [0.5, 0.6) is 34.5 Å². The fourth-order valence-corrected chi connectivity index (χ4v) is 10.5. The van der Waals surface area contributed by atoms with Gasteiger partial charge in [-0.3, -0.25) is 0 Å². The third kappa shape index (κ3) is 35.4. The van der Waals surface area contributed by atoms with Crippen LogP contribution < -0.4 is 28.4 Å². The summed E-state index contributed by atoms with van der Waals surface area (Å²) in [6, 6.07) is 27.3. The molecule has 0 aromatic heterocycles. The van der Waals surface area contributed by atoms with Gasteiger partial charge in [-0.1, -0.05) is 231 Å². The number of ether oxygens (including phenoxy) is 12. The molecule has 494 valence electrons. The molecule has 13 nitrogen and oxygen atoms in total. The number of hydrogen-bond acceptors (Lipinski definition) is 13. The SMILES string of the molecule is CCCCCCCCCCCCOc1ccc(COc2cc(C(=O)OCC3COCCOCCOCCOCCO3)cc(OCc3ccc(OCCCCCCCCCCCC)cc3)c2OCc2ccc(OCCCCCCCCCCCC)cc2)cc1. The van der Waals surface area contributed by atoms with Crippen LogP contribution >= 0.6 is 0 Å². The van der Waals surface area contributed by atoms with E-state index in [2.05, 4.69) is 20.8 Å². The summed E-state index contributed by atoms with van der Waals surface area (Å²) in [6.07, 6.45) is 37.9. The standard InChI is InChI=1S/C75H116O13/c1-4-7-10-13-16-19-22-25-28-31-46-81-68-40-34-64(35-41-68)59-85-72-57-67(75(76)88-63-71-62-80-54-53-78-50-49-77-51-52-79-55-56-84-71)58-73(86-60-65-36-42-69(43-37-65)82-47-32-29-26-23-20-17-14-11-8-5-2)74(72)87-61-66-38-44-70(45-39-66)83-48-33-30-27-24-21-18-15-12-9-6-3/h34-45,57-58,71H,4-33,46-56,59-63H2,1-3H3. The summed E-state index contributed by atoms with van der Waals surface area (Å²) in [5.41, 5.74) is 2.99. The highest BCUT2D eigenvalue weighted by atomic mass is 16.6. The van der Waals surface area contributed by atoms with E-state index >= 15 is 0 Å². The van der Waals surface area contributed by atoms with E-state index in [-0.39, 0.29) is 45.2 Å². The average molecular weight is 1230 g/mol. The fourth-order valence-electron chi connectivity index (χ4n) is 10.5. The van der Waals surface area contributed by atoms with E-state index in [0.29, 0.717) is 83.3 Å². The smallest absolute Gasteiger partial charge is 0.338 e. The van der Waals surface area contributed by atoms with Crippen LogP contribution in [0.4, 0.5) is 0 Å². The monoisotopic (exact) mass is 1220 g/mol. The lowest BCUT2D eigenvalue weighted by Gasteiger charge is -2.20. The molecular weight excluding hydrogens is 1110 g/mol. The Bertz CT molecular complexity index is 2160. The van der Waals surface area contributed by atoms with Crippen LogP contribution in [0.25, 0.3) is 0 Å². The maximum atomic E-state index is 14.3. The molecule has 88 heavy (non-hydrogen) atoms. The normalized spacial score (nSPS) is 14.4. The molecule has 1 aliphatic rings. The number of hydrogen-bond donors (Lipinski definition) is 0. The first-order chi connectivity index (χ1) is 43.5. The summed E-state index contributed by atoms with van der Waals surface area (Å²) >= 11 is 0. The van der Waals surface area contributed by atoms with Crippen molar-refractivity contribution in [3.05, 3.63) is 107 Å².